The molecule has 116 valence electrons. The minimum Gasteiger partial charge on any atom is -0.302 e. The minimum absolute atomic E-state index is 0.000714. The summed E-state index contributed by atoms with van der Waals surface area (Å²) in [6.07, 6.45) is 2.08. The number of benzene rings is 1. The Morgan fingerprint density at radius 2 is 1.91 bits per heavy atom. The van der Waals surface area contributed by atoms with Crippen molar-refractivity contribution >= 4 is 50.8 Å². The molecule has 0 bridgehead atoms. The average Bonchev–Trinajstić information content (AvgIpc) is 2.76. The van der Waals surface area contributed by atoms with Crippen molar-refractivity contribution in [1.29, 1.82) is 0 Å². The van der Waals surface area contributed by atoms with Crippen molar-refractivity contribution in [3.8, 4) is 0 Å². The number of nitrogens with zero attached hydrogens (tertiary/aromatic N) is 2. The molecule has 9 heteroatoms. The highest BCUT2D eigenvalue weighted by molar-refractivity contribution is 7.90. The number of hydrogen-bond acceptors (Lipinski definition) is 4. The largest absolute Gasteiger partial charge is 0.302 e. The molecule has 0 N–H and O–H groups in total. The van der Waals surface area contributed by atoms with E-state index in [1.54, 1.807) is 0 Å². The maximum atomic E-state index is 12.3. The number of thiazole rings is 1. The van der Waals surface area contributed by atoms with Crippen molar-refractivity contribution in [2.45, 2.75) is 11.4 Å². The van der Waals surface area contributed by atoms with Crippen LogP contribution in [0.2, 0.25) is 10.2 Å². The fraction of sp³-hybridized carbons (Fsp3) is 0.0769. The Bertz CT molecular complexity index is 881. The maximum Gasteiger partial charge on any atom is 0.285 e. The van der Waals surface area contributed by atoms with Crippen LogP contribution < -0.4 is 4.80 Å². The SMILES string of the molecule is C=CCn1c(Cl)c(C=O)sc1=NS(=O)(=O)c1ccc(Cl)cc1. The van der Waals surface area contributed by atoms with Gasteiger partial charge in [-0.15, -0.1) is 11.0 Å². The van der Waals surface area contributed by atoms with Gasteiger partial charge in [0.2, 0.25) is 4.80 Å². The van der Waals surface area contributed by atoms with E-state index in [1.165, 1.54) is 34.9 Å². The predicted octanol–water partition coefficient (Wildman–Crippen LogP) is 3.14. The van der Waals surface area contributed by atoms with Crippen molar-refractivity contribution in [2.75, 3.05) is 0 Å². The highest BCUT2D eigenvalue weighted by atomic mass is 35.5. The molecule has 0 saturated carbocycles. The Morgan fingerprint density at radius 3 is 2.45 bits per heavy atom. The summed E-state index contributed by atoms with van der Waals surface area (Å²) in [5.41, 5.74) is 0. The van der Waals surface area contributed by atoms with Crippen LogP contribution in [0.4, 0.5) is 0 Å². The summed E-state index contributed by atoms with van der Waals surface area (Å²) in [5.74, 6) is 0. The Balaban J connectivity index is 2.63. The van der Waals surface area contributed by atoms with E-state index >= 15 is 0 Å². The summed E-state index contributed by atoms with van der Waals surface area (Å²) in [7, 11) is -3.94. The lowest BCUT2D eigenvalue weighted by Crippen LogP contribution is -2.16. The van der Waals surface area contributed by atoms with E-state index in [0.29, 0.717) is 11.3 Å². The molecular weight excluding hydrogens is 367 g/mol. The first-order valence-corrected chi connectivity index (χ1v) is 8.92. The second-order valence-corrected chi connectivity index (χ2v) is 7.48. The van der Waals surface area contributed by atoms with Crippen LogP contribution >= 0.6 is 34.5 Å². The van der Waals surface area contributed by atoms with Crippen LogP contribution in [0, 0.1) is 0 Å². The number of aromatic nitrogens is 1. The van der Waals surface area contributed by atoms with Crippen LogP contribution in [0.3, 0.4) is 0 Å². The first-order chi connectivity index (χ1) is 10.4. The molecule has 0 aliphatic rings. The van der Waals surface area contributed by atoms with E-state index in [1.807, 2.05) is 0 Å². The molecule has 2 rings (SSSR count). The highest BCUT2D eigenvalue weighted by Crippen LogP contribution is 2.19. The van der Waals surface area contributed by atoms with Gasteiger partial charge in [0.25, 0.3) is 10.0 Å². The smallest absolute Gasteiger partial charge is 0.285 e. The third-order valence-corrected chi connectivity index (χ3v) is 5.77. The van der Waals surface area contributed by atoms with Crippen molar-refractivity contribution in [3.63, 3.8) is 0 Å². The molecule has 5 nitrogen and oxygen atoms in total. The first kappa shape index (κ1) is 17.0. The minimum atomic E-state index is -3.94. The zero-order valence-electron chi connectivity index (χ0n) is 11.1. The van der Waals surface area contributed by atoms with Gasteiger partial charge in [0.1, 0.15) is 10.0 Å². The summed E-state index contributed by atoms with van der Waals surface area (Å²) in [6.45, 7) is 3.80. The zero-order valence-corrected chi connectivity index (χ0v) is 14.2. The molecular formula is C13H10Cl2N2O3S2. The number of sulfonamides is 1. The van der Waals surface area contributed by atoms with Gasteiger partial charge >= 0.3 is 0 Å². The molecule has 1 aromatic carbocycles. The molecule has 0 fully saturated rings. The van der Waals surface area contributed by atoms with Crippen LogP contribution in [0.5, 0.6) is 0 Å². The summed E-state index contributed by atoms with van der Waals surface area (Å²) < 4.78 is 29.8. The van der Waals surface area contributed by atoms with Crippen molar-refractivity contribution in [3.05, 3.63) is 56.8 Å². The maximum absolute atomic E-state index is 12.3. The lowest BCUT2D eigenvalue weighted by atomic mass is 10.4. The summed E-state index contributed by atoms with van der Waals surface area (Å²) in [5, 5.41) is 0.549. The molecule has 0 aliphatic carbocycles. The van der Waals surface area contributed by atoms with E-state index in [9.17, 15) is 13.2 Å². The fourth-order valence-corrected chi connectivity index (χ4v) is 4.14. The van der Waals surface area contributed by atoms with E-state index < -0.39 is 10.0 Å². The van der Waals surface area contributed by atoms with Crippen molar-refractivity contribution in [2.24, 2.45) is 4.40 Å². The topological polar surface area (TPSA) is 68.5 Å². The Labute approximate surface area is 141 Å². The van der Waals surface area contributed by atoms with Gasteiger partial charge in [-0.3, -0.25) is 4.79 Å². The highest BCUT2D eigenvalue weighted by Gasteiger charge is 2.16. The molecule has 0 atom stereocenters. The van der Waals surface area contributed by atoms with Crippen LogP contribution in [0.1, 0.15) is 9.67 Å². The fourth-order valence-electron chi connectivity index (χ4n) is 1.60. The van der Waals surface area contributed by atoms with Crippen molar-refractivity contribution < 1.29 is 13.2 Å². The third kappa shape index (κ3) is 3.49. The molecule has 0 aliphatic heterocycles. The lowest BCUT2D eigenvalue weighted by Gasteiger charge is -2.01. The predicted molar refractivity (Wildman–Crippen MR) is 87.1 cm³/mol. The number of rotatable bonds is 5. The molecule has 1 aromatic heterocycles. The molecule has 0 unspecified atom stereocenters. The molecule has 22 heavy (non-hydrogen) atoms. The molecule has 0 amide bonds. The number of halogens is 2. The Kier molecular flexibility index (Phi) is 5.23. The van der Waals surface area contributed by atoms with Gasteiger partial charge in [0.15, 0.2) is 6.29 Å². The summed E-state index contributed by atoms with van der Waals surface area (Å²) in [6, 6.07) is 5.63. The quantitative estimate of drug-likeness (QED) is 0.594. The van der Waals surface area contributed by atoms with E-state index in [-0.39, 0.29) is 26.3 Å². The molecule has 0 spiro atoms. The van der Waals surface area contributed by atoms with Gasteiger partial charge in [-0.05, 0) is 24.3 Å². The van der Waals surface area contributed by atoms with Crippen LogP contribution in [0.15, 0.2) is 46.2 Å². The average molecular weight is 377 g/mol. The van der Waals surface area contributed by atoms with E-state index in [4.69, 9.17) is 23.2 Å². The monoisotopic (exact) mass is 376 g/mol. The van der Waals surface area contributed by atoms with E-state index in [0.717, 1.165) is 11.3 Å². The second kappa shape index (κ2) is 6.78. The Hall–Kier alpha value is -1.41. The van der Waals surface area contributed by atoms with Gasteiger partial charge in [-0.2, -0.15) is 8.42 Å². The Morgan fingerprint density at radius 1 is 1.27 bits per heavy atom. The van der Waals surface area contributed by atoms with Gasteiger partial charge in [0, 0.05) is 11.6 Å². The number of allylic oxidation sites excluding steroid dienone is 1. The number of hydrogen-bond donors (Lipinski definition) is 0. The zero-order chi connectivity index (χ0) is 16.3. The van der Waals surface area contributed by atoms with Gasteiger partial charge in [-0.25, -0.2) is 0 Å². The van der Waals surface area contributed by atoms with Crippen molar-refractivity contribution in [1.82, 2.24) is 4.57 Å². The normalized spacial score (nSPS) is 12.4. The van der Waals surface area contributed by atoms with Gasteiger partial charge in [-0.1, -0.05) is 40.6 Å². The number of aldehydes is 1. The van der Waals surface area contributed by atoms with E-state index in [2.05, 4.69) is 11.0 Å². The van der Waals surface area contributed by atoms with Crippen LogP contribution in [-0.4, -0.2) is 19.3 Å². The molecule has 0 radical (unpaired) electrons. The third-order valence-electron chi connectivity index (χ3n) is 2.60. The number of carbonyl (C=O) groups is 1. The molecule has 2 aromatic rings. The van der Waals surface area contributed by atoms with Gasteiger partial charge < -0.3 is 4.57 Å². The van der Waals surface area contributed by atoms with Crippen LogP contribution in [0.25, 0.3) is 0 Å². The summed E-state index contributed by atoms with van der Waals surface area (Å²) >= 11 is 12.7. The summed E-state index contributed by atoms with van der Waals surface area (Å²) in [4.78, 5) is 11.3. The number of carbonyl (C=O) groups excluding carboxylic acids is 1. The lowest BCUT2D eigenvalue weighted by molar-refractivity contribution is 0.112. The first-order valence-electron chi connectivity index (χ1n) is 5.91. The second-order valence-electron chi connectivity index (χ2n) is 4.08. The van der Waals surface area contributed by atoms with Gasteiger partial charge in [0.05, 0.1) is 4.90 Å². The molecule has 1 heterocycles. The molecule has 0 saturated heterocycles. The standard InChI is InChI=1S/C13H10Cl2N2O3S2/c1-2-7-17-12(15)11(8-18)21-13(17)16-22(19,20)10-5-3-9(14)4-6-10/h2-6,8H,1,7H2. The van der Waals surface area contributed by atoms with Crippen LogP contribution in [-0.2, 0) is 16.6 Å².